The van der Waals surface area contributed by atoms with E-state index in [1.54, 1.807) is 6.26 Å². The molecule has 0 unspecified atom stereocenters. The molecule has 0 N–H and O–H groups in total. The Kier molecular flexibility index (Phi) is 4.66. The maximum absolute atomic E-state index is 13.2. The molecule has 2 saturated heterocycles. The van der Waals surface area contributed by atoms with Gasteiger partial charge in [-0.25, -0.2) is 0 Å². The minimum absolute atomic E-state index is 0.112. The van der Waals surface area contributed by atoms with E-state index in [9.17, 15) is 4.79 Å². The third kappa shape index (κ3) is 3.26. The standard InChI is InChI=1S/C20H30N2O2/c23-19-20(10-12-21(16-20)15-18-8-4-13-24-18)9-5-11-22(19)14-17-6-2-1-3-7-17/h4,8,13,17H,1-3,5-7,9-12,14-16H2/t20-/m0/s1. The van der Waals surface area contributed by atoms with Crippen LogP contribution in [-0.4, -0.2) is 41.9 Å². The summed E-state index contributed by atoms with van der Waals surface area (Å²) in [7, 11) is 0. The Bertz CT molecular complexity index is 550. The molecule has 4 rings (SSSR count). The summed E-state index contributed by atoms with van der Waals surface area (Å²) in [5, 5.41) is 0. The quantitative estimate of drug-likeness (QED) is 0.845. The SMILES string of the molecule is O=C1N(CC2CCCCC2)CCC[C@@]12CCN(Cc1ccco1)C2. The highest BCUT2D eigenvalue weighted by molar-refractivity contribution is 5.84. The lowest BCUT2D eigenvalue weighted by Crippen LogP contribution is -2.51. The van der Waals surface area contributed by atoms with Crippen molar-refractivity contribution in [1.82, 2.24) is 9.80 Å². The minimum Gasteiger partial charge on any atom is -0.468 e. The average molecular weight is 330 g/mol. The minimum atomic E-state index is -0.112. The number of hydrogen-bond acceptors (Lipinski definition) is 3. The van der Waals surface area contributed by atoms with Gasteiger partial charge in [-0.2, -0.15) is 0 Å². The van der Waals surface area contributed by atoms with E-state index in [-0.39, 0.29) is 5.41 Å². The van der Waals surface area contributed by atoms with Gasteiger partial charge in [-0.15, -0.1) is 0 Å². The van der Waals surface area contributed by atoms with Crippen molar-refractivity contribution in [3.8, 4) is 0 Å². The van der Waals surface area contributed by atoms with Crippen molar-refractivity contribution >= 4 is 5.91 Å². The van der Waals surface area contributed by atoms with Crippen LogP contribution < -0.4 is 0 Å². The second kappa shape index (κ2) is 6.91. The molecule has 1 aromatic heterocycles. The van der Waals surface area contributed by atoms with Gasteiger partial charge in [0.2, 0.25) is 5.91 Å². The van der Waals surface area contributed by atoms with Gasteiger partial charge in [0, 0.05) is 19.6 Å². The molecule has 3 fully saturated rings. The largest absolute Gasteiger partial charge is 0.468 e. The summed E-state index contributed by atoms with van der Waals surface area (Å²) in [6, 6.07) is 3.97. The van der Waals surface area contributed by atoms with Gasteiger partial charge in [0.1, 0.15) is 5.76 Å². The van der Waals surface area contributed by atoms with E-state index < -0.39 is 0 Å². The summed E-state index contributed by atoms with van der Waals surface area (Å²) in [6.07, 6.45) is 11.7. The van der Waals surface area contributed by atoms with Gasteiger partial charge >= 0.3 is 0 Å². The lowest BCUT2D eigenvalue weighted by Gasteiger charge is -2.41. The van der Waals surface area contributed by atoms with Crippen molar-refractivity contribution in [1.29, 1.82) is 0 Å². The van der Waals surface area contributed by atoms with E-state index in [1.807, 2.05) is 12.1 Å². The van der Waals surface area contributed by atoms with Crippen molar-refractivity contribution < 1.29 is 9.21 Å². The summed E-state index contributed by atoms with van der Waals surface area (Å²) >= 11 is 0. The second-order valence-corrected chi connectivity index (χ2v) is 8.18. The van der Waals surface area contributed by atoms with Crippen LogP contribution in [0.25, 0.3) is 0 Å². The van der Waals surface area contributed by atoms with E-state index >= 15 is 0 Å². The number of furan rings is 1. The van der Waals surface area contributed by atoms with Crippen LogP contribution in [-0.2, 0) is 11.3 Å². The fourth-order valence-electron chi connectivity index (χ4n) is 5.10. The third-order valence-electron chi connectivity index (χ3n) is 6.42. The highest BCUT2D eigenvalue weighted by Gasteiger charge is 2.48. The Labute approximate surface area is 145 Å². The first-order chi connectivity index (χ1) is 11.8. The number of nitrogens with zero attached hydrogens (tertiary/aromatic N) is 2. The number of hydrogen-bond donors (Lipinski definition) is 0. The normalized spacial score (nSPS) is 29.7. The number of likely N-dealkylation sites (tertiary alicyclic amines) is 2. The number of carbonyl (C=O) groups excluding carboxylic acids is 1. The maximum Gasteiger partial charge on any atom is 0.230 e. The zero-order chi connectivity index (χ0) is 16.4. The fraction of sp³-hybridized carbons (Fsp3) is 0.750. The molecule has 1 saturated carbocycles. The summed E-state index contributed by atoms with van der Waals surface area (Å²) < 4.78 is 5.48. The van der Waals surface area contributed by atoms with Gasteiger partial charge in [0.05, 0.1) is 18.2 Å². The Morgan fingerprint density at radius 1 is 1.12 bits per heavy atom. The van der Waals surface area contributed by atoms with Gasteiger partial charge in [-0.3, -0.25) is 9.69 Å². The maximum atomic E-state index is 13.2. The highest BCUT2D eigenvalue weighted by Crippen LogP contribution is 2.41. The fourth-order valence-corrected chi connectivity index (χ4v) is 5.10. The van der Waals surface area contributed by atoms with Crippen molar-refractivity contribution in [2.45, 2.75) is 57.9 Å². The molecule has 1 aliphatic carbocycles. The van der Waals surface area contributed by atoms with Crippen LogP contribution in [0.4, 0.5) is 0 Å². The van der Waals surface area contributed by atoms with Crippen LogP contribution in [0.1, 0.15) is 57.1 Å². The van der Waals surface area contributed by atoms with E-state index in [1.165, 1.54) is 38.5 Å². The van der Waals surface area contributed by atoms with E-state index in [2.05, 4.69) is 9.80 Å². The van der Waals surface area contributed by atoms with E-state index in [0.29, 0.717) is 5.91 Å². The first-order valence-corrected chi connectivity index (χ1v) is 9.79. The molecule has 4 nitrogen and oxygen atoms in total. The molecular formula is C20H30N2O2. The van der Waals surface area contributed by atoms with Crippen molar-refractivity contribution in [3.05, 3.63) is 24.2 Å². The van der Waals surface area contributed by atoms with Crippen LogP contribution in [0.2, 0.25) is 0 Å². The van der Waals surface area contributed by atoms with Crippen molar-refractivity contribution in [2.75, 3.05) is 26.2 Å². The molecule has 1 spiro atoms. The van der Waals surface area contributed by atoms with Gasteiger partial charge < -0.3 is 9.32 Å². The molecule has 0 radical (unpaired) electrons. The topological polar surface area (TPSA) is 36.7 Å². The zero-order valence-electron chi connectivity index (χ0n) is 14.7. The molecular weight excluding hydrogens is 300 g/mol. The molecule has 1 amide bonds. The molecule has 24 heavy (non-hydrogen) atoms. The lowest BCUT2D eigenvalue weighted by atomic mass is 9.77. The van der Waals surface area contributed by atoms with Crippen LogP contribution in [0.5, 0.6) is 0 Å². The predicted octanol–water partition coefficient (Wildman–Crippen LogP) is 3.67. The smallest absolute Gasteiger partial charge is 0.230 e. The summed E-state index contributed by atoms with van der Waals surface area (Å²) in [6.45, 7) is 4.76. The van der Waals surface area contributed by atoms with Gasteiger partial charge in [0.25, 0.3) is 0 Å². The van der Waals surface area contributed by atoms with E-state index in [4.69, 9.17) is 4.42 Å². The van der Waals surface area contributed by atoms with Crippen LogP contribution in [0.3, 0.4) is 0 Å². The average Bonchev–Trinajstić information content (AvgIpc) is 3.24. The molecule has 132 valence electrons. The molecule has 1 atom stereocenters. The second-order valence-electron chi connectivity index (χ2n) is 8.18. The molecule has 0 bridgehead atoms. The summed E-state index contributed by atoms with van der Waals surface area (Å²) in [5.74, 6) is 2.20. The third-order valence-corrected chi connectivity index (χ3v) is 6.42. The zero-order valence-corrected chi connectivity index (χ0v) is 14.7. The Morgan fingerprint density at radius 2 is 2.00 bits per heavy atom. The molecule has 4 heteroatoms. The van der Waals surface area contributed by atoms with Crippen LogP contribution >= 0.6 is 0 Å². The van der Waals surface area contributed by atoms with Crippen molar-refractivity contribution in [3.63, 3.8) is 0 Å². The number of amides is 1. The first kappa shape index (κ1) is 16.2. The highest BCUT2D eigenvalue weighted by atomic mass is 16.3. The van der Waals surface area contributed by atoms with Crippen molar-refractivity contribution in [2.24, 2.45) is 11.3 Å². The molecule has 0 aromatic carbocycles. The molecule has 3 heterocycles. The summed E-state index contributed by atoms with van der Waals surface area (Å²) in [5.41, 5.74) is -0.112. The lowest BCUT2D eigenvalue weighted by molar-refractivity contribution is -0.146. The Balaban J connectivity index is 1.38. The Morgan fingerprint density at radius 3 is 2.79 bits per heavy atom. The van der Waals surface area contributed by atoms with Gasteiger partial charge in [-0.05, 0) is 56.7 Å². The number of carbonyl (C=O) groups is 1. The summed E-state index contributed by atoms with van der Waals surface area (Å²) in [4.78, 5) is 17.9. The van der Waals surface area contributed by atoms with Crippen LogP contribution in [0.15, 0.2) is 22.8 Å². The molecule has 1 aromatic rings. The number of rotatable bonds is 4. The van der Waals surface area contributed by atoms with E-state index in [0.717, 1.165) is 57.2 Å². The monoisotopic (exact) mass is 330 g/mol. The Hall–Kier alpha value is -1.29. The first-order valence-electron chi connectivity index (χ1n) is 9.79. The predicted molar refractivity (Wildman–Crippen MR) is 93.4 cm³/mol. The van der Waals surface area contributed by atoms with Gasteiger partial charge in [0.15, 0.2) is 0 Å². The van der Waals surface area contributed by atoms with Gasteiger partial charge in [-0.1, -0.05) is 19.3 Å². The molecule has 2 aliphatic heterocycles. The van der Waals surface area contributed by atoms with Crippen LogP contribution in [0, 0.1) is 11.3 Å². The molecule has 3 aliphatic rings. The number of piperidine rings is 1.